The average molecular weight is 227 g/mol. The number of nitrogens with zero attached hydrogens (tertiary/aromatic N) is 1. The monoisotopic (exact) mass is 227 g/mol. The molecule has 1 unspecified atom stereocenters. The molecule has 3 nitrogen and oxygen atoms in total. The molecule has 5 heteroatoms. The molecule has 1 aliphatic heterocycles. The Morgan fingerprint density at radius 2 is 2.06 bits per heavy atom. The van der Waals surface area contributed by atoms with Crippen molar-refractivity contribution in [2.24, 2.45) is 0 Å². The summed E-state index contributed by atoms with van der Waals surface area (Å²) in [6.07, 6.45) is 0.556. The summed E-state index contributed by atoms with van der Waals surface area (Å²) < 4.78 is 31.4. The number of halogens is 2. The Morgan fingerprint density at radius 3 is 2.50 bits per heavy atom. The molecule has 0 N–H and O–H groups in total. The van der Waals surface area contributed by atoms with Crippen LogP contribution in [-0.4, -0.2) is 25.7 Å². The lowest BCUT2D eigenvalue weighted by Gasteiger charge is -2.40. The van der Waals surface area contributed by atoms with Gasteiger partial charge in [0.05, 0.1) is 7.11 Å². The van der Waals surface area contributed by atoms with Crippen LogP contribution in [-0.2, 0) is 9.53 Å². The van der Waals surface area contributed by atoms with Gasteiger partial charge in [0.25, 0.3) is 0 Å². The highest BCUT2D eigenvalue weighted by Gasteiger charge is 2.37. The number of benzene rings is 1. The third-order valence-electron chi connectivity index (χ3n) is 2.72. The maximum atomic E-state index is 13.4. The molecule has 1 aliphatic rings. The topological polar surface area (TPSA) is 29.5 Å². The second-order valence-corrected chi connectivity index (χ2v) is 3.59. The maximum Gasteiger partial charge on any atom is 0.328 e. The van der Waals surface area contributed by atoms with Crippen LogP contribution in [0.25, 0.3) is 0 Å². The minimum absolute atomic E-state index is 0.149. The number of carbonyl (C=O) groups is 1. The van der Waals surface area contributed by atoms with E-state index in [4.69, 9.17) is 0 Å². The Labute approximate surface area is 91.6 Å². The van der Waals surface area contributed by atoms with Gasteiger partial charge in [-0.2, -0.15) is 0 Å². The van der Waals surface area contributed by atoms with Crippen molar-refractivity contribution in [3.63, 3.8) is 0 Å². The van der Waals surface area contributed by atoms with Crippen LogP contribution in [0.1, 0.15) is 6.42 Å². The molecular formula is C11H11F2NO2. The highest BCUT2D eigenvalue weighted by Crippen LogP contribution is 2.31. The van der Waals surface area contributed by atoms with Crippen molar-refractivity contribution in [2.75, 3.05) is 18.6 Å². The Balaban J connectivity index is 2.28. The summed E-state index contributed by atoms with van der Waals surface area (Å²) in [6, 6.07) is 3.06. The fraction of sp³-hybridized carbons (Fsp3) is 0.364. The number of para-hydroxylation sites is 1. The van der Waals surface area contributed by atoms with Crippen molar-refractivity contribution >= 4 is 11.7 Å². The van der Waals surface area contributed by atoms with Crippen LogP contribution in [0.3, 0.4) is 0 Å². The molecule has 1 fully saturated rings. The quantitative estimate of drug-likeness (QED) is 0.720. The van der Waals surface area contributed by atoms with Crippen molar-refractivity contribution in [2.45, 2.75) is 12.5 Å². The largest absolute Gasteiger partial charge is 0.467 e. The standard InChI is InChI=1S/C11H11F2NO2/c1-16-11(15)9-5-6-14(9)10-7(12)3-2-4-8(10)13/h2-4,9H,5-6H2,1H3. The van der Waals surface area contributed by atoms with E-state index in [2.05, 4.69) is 4.74 Å². The maximum absolute atomic E-state index is 13.4. The summed E-state index contributed by atoms with van der Waals surface area (Å²) in [5.41, 5.74) is -0.149. The summed E-state index contributed by atoms with van der Waals surface area (Å²) in [5, 5.41) is 0. The van der Waals surface area contributed by atoms with E-state index in [1.165, 1.54) is 30.2 Å². The van der Waals surface area contributed by atoms with Crippen LogP contribution >= 0.6 is 0 Å². The molecule has 0 bridgehead atoms. The Bertz CT molecular complexity index is 402. The molecular weight excluding hydrogens is 216 g/mol. The molecule has 1 aromatic rings. The van der Waals surface area contributed by atoms with Crippen LogP contribution in [0, 0.1) is 11.6 Å². The number of hydrogen-bond donors (Lipinski definition) is 0. The third kappa shape index (κ3) is 1.62. The minimum Gasteiger partial charge on any atom is -0.467 e. The van der Waals surface area contributed by atoms with E-state index in [0.29, 0.717) is 13.0 Å². The van der Waals surface area contributed by atoms with Gasteiger partial charge < -0.3 is 9.64 Å². The predicted octanol–water partition coefficient (Wildman–Crippen LogP) is 1.72. The molecule has 16 heavy (non-hydrogen) atoms. The first kappa shape index (κ1) is 10.9. The van der Waals surface area contributed by atoms with Crippen molar-refractivity contribution in [1.82, 2.24) is 0 Å². The van der Waals surface area contributed by atoms with Crippen LogP contribution in [0.5, 0.6) is 0 Å². The van der Waals surface area contributed by atoms with Gasteiger partial charge in [0.2, 0.25) is 0 Å². The highest BCUT2D eigenvalue weighted by atomic mass is 19.1. The zero-order chi connectivity index (χ0) is 11.7. The molecule has 0 saturated carbocycles. The van der Waals surface area contributed by atoms with E-state index < -0.39 is 23.6 Å². The van der Waals surface area contributed by atoms with E-state index in [9.17, 15) is 13.6 Å². The van der Waals surface area contributed by atoms with Gasteiger partial charge in [0.15, 0.2) is 0 Å². The van der Waals surface area contributed by atoms with Crippen molar-refractivity contribution < 1.29 is 18.3 Å². The van der Waals surface area contributed by atoms with E-state index in [-0.39, 0.29) is 5.69 Å². The predicted molar refractivity (Wildman–Crippen MR) is 54.1 cm³/mol. The molecule has 2 rings (SSSR count). The lowest BCUT2D eigenvalue weighted by Crippen LogP contribution is -2.53. The smallest absolute Gasteiger partial charge is 0.328 e. The first-order valence-electron chi connectivity index (χ1n) is 4.93. The normalized spacial score (nSPS) is 19.2. The number of anilines is 1. The van der Waals surface area contributed by atoms with E-state index >= 15 is 0 Å². The second-order valence-electron chi connectivity index (χ2n) is 3.59. The van der Waals surface area contributed by atoms with Gasteiger partial charge in [-0.05, 0) is 18.6 Å². The van der Waals surface area contributed by atoms with Crippen LogP contribution in [0.2, 0.25) is 0 Å². The summed E-state index contributed by atoms with van der Waals surface area (Å²) in [5.74, 6) is -1.78. The summed E-state index contributed by atoms with van der Waals surface area (Å²) in [7, 11) is 1.26. The number of carbonyl (C=O) groups excluding carboxylic acids is 1. The SMILES string of the molecule is COC(=O)C1CCN1c1c(F)cccc1F. The average Bonchev–Trinajstić information content (AvgIpc) is 2.21. The van der Waals surface area contributed by atoms with Crippen LogP contribution < -0.4 is 4.90 Å². The third-order valence-corrected chi connectivity index (χ3v) is 2.72. The molecule has 0 amide bonds. The lowest BCUT2D eigenvalue weighted by atomic mass is 10.0. The van der Waals surface area contributed by atoms with Gasteiger partial charge in [-0.25, -0.2) is 13.6 Å². The van der Waals surface area contributed by atoms with Gasteiger partial charge in [0, 0.05) is 6.54 Å². The highest BCUT2D eigenvalue weighted by molar-refractivity contribution is 5.82. The molecule has 0 aliphatic carbocycles. The van der Waals surface area contributed by atoms with Gasteiger partial charge >= 0.3 is 5.97 Å². The summed E-state index contributed by atoms with van der Waals surface area (Å²) >= 11 is 0. The Morgan fingerprint density at radius 1 is 1.44 bits per heavy atom. The Kier molecular flexibility index (Phi) is 2.77. The first-order chi connectivity index (χ1) is 7.65. The molecule has 86 valence electrons. The fourth-order valence-electron chi connectivity index (χ4n) is 1.80. The van der Waals surface area contributed by atoms with Crippen molar-refractivity contribution in [3.05, 3.63) is 29.8 Å². The minimum atomic E-state index is -0.659. The van der Waals surface area contributed by atoms with Gasteiger partial charge in [0.1, 0.15) is 23.4 Å². The molecule has 1 heterocycles. The second kappa shape index (κ2) is 4.08. The van der Waals surface area contributed by atoms with E-state index in [1.54, 1.807) is 0 Å². The van der Waals surface area contributed by atoms with E-state index in [1.807, 2.05) is 0 Å². The summed E-state index contributed by atoms with van der Waals surface area (Å²) in [4.78, 5) is 12.7. The number of rotatable bonds is 2. The molecule has 0 radical (unpaired) electrons. The molecule has 1 aromatic carbocycles. The van der Waals surface area contributed by atoms with Crippen molar-refractivity contribution in [3.8, 4) is 0 Å². The van der Waals surface area contributed by atoms with Crippen molar-refractivity contribution in [1.29, 1.82) is 0 Å². The lowest BCUT2D eigenvalue weighted by molar-refractivity contribution is -0.143. The van der Waals surface area contributed by atoms with Gasteiger partial charge in [-0.3, -0.25) is 0 Å². The number of esters is 1. The Hall–Kier alpha value is -1.65. The van der Waals surface area contributed by atoms with E-state index in [0.717, 1.165) is 0 Å². The van der Waals surface area contributed by atoms with Gasteiger partial charge in [-0.15, -0.1) is 0 Å². The molecule has 0 aromatic heterocycles. The summed E-state index contributed by atoms with van der Waals surface area (Å²) in [6.45, 7) is 0.456. The number of methoxy groups -OCH3 is 1. The van der Waals surface area contributed by atoms with Crippen LogP contribution in [0.4, 0.5) is 14.5 Å². The van der Waals surface area contributed by atoms with Gasteiger partial charge in [-0.1, -0.05) is 6.07 Å². The molecule has 1 atom stereocenters. The molecule has 0 spiro atoms. The number of hydrogen-bond acceptors (Lipinski definition) is 3. The van der Waals surface area contributed by atoms with Crippen LogP contribution in [0.15, 0.2) is 18.2 Å². The fourth-order valence-corrected chi connectivity index (χ4v) is 1.80. The zero-order valence-electron chi connectivity index (χ0n) is 8.74. The molecule has 1 saturated heterocycles. The number of ether oxygens (including phenoxy) is 1. The first-order valence-corrected chi connectivity index (χ1v) is 4.93. The zero-order valence-corrected chi connectivity index (χ0v) is 8.74.